The number of aliphatic hydroxyl groups excluding tert-OH is 1. The Morgan fingerprint density at radius 3 is 2.52 bits per heavy atom. The van der Waals surface area contributed by atoms with Crippen molar-refractivity contribution in [3.8, 4) is 0 Å². The Balaban J connectivity index is 3.16. The molecule has 0 bridgehead atoms. The summed E-state index contributed by atoms with van der Waals surface area (Å²) in [4.78, 5) is 1.68. The molecule has 0 aromatic heterocycles. The number of halogens is 3. The minimum atomic E-state index is -4.60. The van der Waals surface area contributed by atoms with Crippen LogP contribution in [0.15, 0.2) is 23.4 Å². The van der Waals surface area contributed by atoms with Crippen molar-refractivity contribution in [2.45, 2.75) is 25.6 Å². The summed E-state index contributed by atoms with van der Waals surface area (Å²) in [6.45, 7) is 2.08. The van der Waals surface area contributed by atoms with Gasteiger partial charge in [0.1, 0.15) is 0 Å². The van der Waals surface area contributed by atoms with Crippen LogP contribution in [0.25, 0.3) is 0 Å². The molecule has 1 atom stereocenters. The van der Waals surface area contributed by atoms with Crippen molar-refractivity contribution >= 4 is 11.5 Å². The molecule has 0 radical (unpaired) electrons. The number of nitrogens with zero attached hydrogens (tertiary/aromatic N) is 2. The maximum absolute atomic E-state index is 12.9. The molecule has 8 heteroatoms. The van der Waals surface area contributed by atoms with Crippen LogP contribution >= 0.6 is 0 Å². The van der Waals surface area contributed by atoms with Crippen molar-refractivity contribution < 1.29 is 23.5 Å². The highest BCUT2D eigenvalue weighted by atomic mass is 19.4. The summed E-state index contributed by atoms with van der Waals surface area (Å²) < 4.78 is 38.7. The predicted octanol–water partition coefficient (Wildman–Crippen LogP) is 2.01. The summed E-state index contributed by atoms with van der Waals surface area (Å²) in [5.41, 5.74) is 4.45. The summed E-state index contributed by atoms with van der Waals surface area (Å²) in [7, 11) is 1.68. The van der Waals surface area contributed by atoms with Crippen LogP contribution in [0.4, 0.5) is 18.9 Å². The zero-order valence-electron chi connectivity index (χ0n) is 11.7. The largest absolute Gasteiger partial charge is 0.417 e. The van der Waals surface area contributed by atoms with Crippen LogP contribution in [0, 0.1) is 0 Å². The quantitative estimate of drug-likeness (QED) is 0.336. The van der Waals surface area contributed by atoms with Crippen LogP contribution in [0.1, 0.15) is 24.5 Å². The minimum absolute atomic E-state index is 0.383. The van der Waals surface area contributed by atoms with E-state index in [-0.39, 0.29) is 5.56 Å². The Morgan fingerprint density at radius 2 is 2.05 bits per heavy atom. The van der Waals surface area contributed by atoms with Gasteiger partial charge in [-0.15, -0.1) is 0 Å². The highest BCUT2D eigenvalue weighted by Crippen LogP contribution is 2.33. The predicted molar refractivity (Wildman–Crippen MR) is 73.5 cm³/mol. The molecule has 0 saturated carbocycles. The fraction of sp³-hybridized carbons (Fsp3) is 0.462. The monoisotopic (exact) mass is 305 g/mol. The van der Waals surface area contributed by atoms with Crippen LogP contribution < -0.4 is 10.6 Å². The molecule has 0 aliphatic rings. The molecule has 118 valence electrons. The average Bonchev–Trinajstić information content (AvgIpc) is 2.42. The molecule has 1 rings (SSSR count). The van der Waals surface area contributed by atoms with E-state index < -0.39 is 23.7 Å². The van der Waals surface area contributed by atoms with E-state index in [4.69, 9.17) is 10.9 Å². The zero-order chi connectivity index (χ0) is 16.2. The number of aliphatic hydroxyl groups is 1. The number of alkyl halides is 3. The van der Waals surface area contributed by atoms with Crippen molar-refractivity contribution in [3.05, 3.63) is 29.3 Å². The number of rotatable bonds is 5. The van der Waals surface area contributed by atoms with Gasteiger partial charge in [-0.25, -0.2) is 0 Å². The van der Waals surface area contributed by atoms with E-state index in [9.17, 15) is 18.3 Å². The van der Waals surface area contributed by atoms with E-state index in [0.29, 0.717) is 18.7 Å². The standard InChI is InChI=1S/C13H18F3N3O2/c1-8(20)5-6-19(2)9-3-4-11(13(14,15)16)10(7-9)12(17)18-21/h3-4,7-8,20-21H,5-6H2,1-2H3,(H2,17,18). The van der Waals surface area contributed by atoms with E-state index in [1.165, 1.54) is 12.1 Å². The number of hydrogen-bond donors (Lipinski definition) is 3. The molecule has 0 amide bonds. The summed E-state index contributed by atoms with van der Waals surface area (Å²) in [6.07, 6.45) is -4.64. The second-order valence-electron chi connectivity index (χ2n) is 4.77. The first-order valence-corrected chi connectivity index (χ1v) is 6.25. The third kappa shape index (κ3) is 4.52. The maximum atomic E-state index is 12.9. The van der Waals surface area contributed by atoms with Gasteiger partial charge in [0.05, 0.1) is 11.7 Å². The van der Waals surface area contributed by atoms with Crippen LogP contribution in [0.5, 0.6) is 0 Å². The Bertz CT molecular complexity index is 516. The SMILES string of the molecule is CC(O)CCN(C)c1ccc(C(F)(F)F)c(/C(N)=N/O)c1. The van der Waals surface area contributed by atoms with Gasteiger partial charge < -0.3 is 20.9 Å². The van der Waals surface area contributed by atoms with E-state index in [1.54, 1.807) is 18.9 Å². The Morgan fingerprint density at radius 1 is 1.43 bits per heavy atom. The van der Waals surface area contributed by atoms with Crippen molar-refractivity contribution in [1.29, 1.82) is 0 Å². The van der Waals surface area contributed by atoms with Gasteiger partial charge in [-0.05, 0) is 31.5 Å². The van der Waals surface area contributed by atoms with Gasteiger partial charge in [0.15, 0.2) is 5.84 Å². The molecule has 1 aromatic carbocycles. The summed E-state index contributed by atoms with van der Waals surface area (Å²) in [6, 6.07) is 3.40. The van der Waals surface area contributed by atoms with Gasteiger partial charge in [0.2, 0.25) is 0 Å². The first kappa shape index (κ1) is 17.1. The first-order chi connectivity index (χ1) is 9.66. The third-order valence-corrected chi connectivity index (χ3v) is 3.02. The first-order valence-electron chi connectivity index (χ1n) is 6.25. The number of anilines is 1. The maximum Gasteiger partial charge on any atom is 0.417 e. The topological polar surface area (TPSA) is 82.1 Å². The minimum Gasteiger partial charge on any atom is -0.409 e. The van der Waals surface area contributed by atoms with Gasteiger partial charge in [-0.1, -0.05) is 5.16 Å². The molecule has 5 nitrogen and oxygen atoms in total. The van der Waals surface area contributed by atoms with Gasteiger partial charge in [-0.3, -0.25) is 0 Å². The van der Waals surface area contributed by atoms with Gasteiger partial charge in [0.25, 0.3) is 0 Å². The fourth-order valence-electron chi connectivity index (χ4n) is 1.79. The van der Waals surface area contributed by atoms with Crippen LogP contribution in [-0.2, 0) is 6.18 Å². The number of benzene rings is 1. The third-order valence-electron chi connectivity index (χ3n) is 3.02. The van der Waals surface area contributed by atoms with Gasteiger partial charge in [-0.2, -0.15) is 13.2 Å². The summed E-state index contributed by atoms with van der Waals surface area (Å²) >= 11 is 0. The molecular formula is C13H18F3N3O2. The van der Waals surface area contributed by atoms with E-state index >= 15 is 0 Å². The lowest BCUT2D eigenvalue weighted by Gasteiger charge is -2.22. The summed E-state index contributed by atoms with van der Waals surface area (Å²) in [5, 5.41) is 20.5. The Kier molecular flexibility index (Phi) is 5.42. The summed E-state index contributed by atoms with van der Waals surface area (Å²) in [5.74, 6) is -0.604. The van der Waals surface area contributed by atoms with Gasteiger partial charge in [0, 0.05) is 24.8 Å². The number of nitrogens with two attached hydrogens (primary N) is 1. The molecule has 0 aliphatic heterocycles. The fourth-order valence-corrected chi connectivity index (χ4v) is 1.79. The molecule has 1 aromatic rings. The molecule has 0 heterocycles. The smallest absolute Gasteiger partial charge is 0.409 e. The second kappa shape index (κ2) is 6.66. The normalized spacial score (nSPS) is 14.1. The number of amidine groups is 1. The average molecular weight is 305 g/mol. The van der Waals surface area contributed by atoms with E-state index in [0.717, 1.165) is 6.07 Å². The second-order valence-corrected chi connectivity index (χ2v) is 4.77. The molecule has 4 N–H and O–H groups in total. The van der Waals surface area contributed by atoms with Crippen LogP contribution in [0.3, 0.4) is 0 Å². The molecule has 0 spiro atoms. The Hall–Kier alpha value is -1.96. The molecule has 21 heavy (non-hydrogen) atoms. The van der Waals surface area contributed by atoms with Crippen LogP contribution in [-0.4, -0.2) is 35.8 Å². The van der Waals surface area contributed by atoms with Crippen molar-refractivity contribution in [2.24, 2.45) is 10.9 Å². The molecular weight excluding hydrogens is 287 g/mol. The van der Waals surface area contributed by atoms with Crippen molar-refractivity contribution in [1.82, 2.24) is 0 Å². The van der Waals surface area contributed by atoms with Crippen LogP contribution in [0.2, 0.25) is 0 Å². The molecule has 0 fully saturated rings. The van der Waals surface area contributed by atoms with Crippen molar-refractivity contribution in [3.63, 3.8) is 0 Å². The van der Waals surface area contributed by atoms with E-state index in [1.807, 2.05) is 0 Å². The highest BCUT2D eigenvalue weighted by molar-refractivity contribution is 5.99. The number of hydrogen-bond acceptors (Lipinski definition) is 4. The molecule has 1 unspecified atom stereocenters. The molecule has 0 saturated heterocycles. The lowest BCUT2D eigenvalue weighted by Crippen LogP contribution is -2.24. The highest BCUT2D eigenvalue weighted by Gasteiger charge is 2.34. The van der Waals surface area contributed by atoms with E-state index in [2.05, 4.69) is 5.16 Å². The lowest BCUT2D eigenvalue weighted by molar-refractivity contribution is -0.137. The number of oxime groups is 1. The lowest BCUT2D eigenvalue weighted by atomic mass is 10.0. The molecule has 0 aliphatic carbocycles. The zero-order valence-corrected chi connectivity index (χ0v) is 11.7. The van der Waals surface area contributed by atoms with Gasteiger partial charge >= 0.3 is 6.18 Å². The van der Waals surface area contributed by atoms with Crippen molar-refractivity contribution in [2.75, 3.05) is 18.5 Å². The Labute approximate surface area is 120 Å².